The molecule has 15 rings (SSSR count). The molecule has 0 N–H and O–H groups in total. The van der Waals surface area contributed by atoms with Gasteiger partial charge in [-0.15, -0.1) is 0 Å². The van der Waals surface area contributed by atoms with Gasteiger partial charge < -0.3 is 14.5 Å². The average molecular weight is 607 g/mol. The van der Waals surface area contributed by atoms with Crippen LogP contribution in [0.25, 0.3) is 0 Å². The number of piperidine rings is 2. The topological polar surface area (TPSA) is 15.7 Å². The Bertz CT molecular complexity index is 1550. The molecule has 0 aromatic rings. The van der Waals surface area contributed by atoms with Crippen LogP contribution < -0.4 is 0 Å². The van der Waals surface area contributed by atoms with E-state index in [9.17, 15) is 0 Å². The predicted molar refractivity (Wildman–Crippen MR) is 176 cm³/mol. The van der Waals surface area contributed by atoms with Crippen molar-refractivity contribution in [3.05, 3.63) is 22.8 Å². The molecule has 45 heavy (non-hydrogen) atoms. The summed E-state index contributed by atoms with van der Waals surface area (Å²) in [6.07, 6.45) is 25.7. The first-order chi connectivity index (χ1) is 21.6. The fourth-order valence-corrected chi connectivity index (χ4v) is 20.0. The monoisotopic (exact) mass is 606 g/mol. The standard InChI is InChI=1S/C42H58N2O/c1-36-8-5-9-42-32(36)7-11-39-21-40(25(16-33(39)42)15-30(39)34(42)44(4)23-36)12-13-41-29-17-28-26-14-24-18-37(2,22-43(3)20-24)27(26)6-10-38(28,19-31(29)41)35(41)45-40/h17,24-25,29-35H,5-16,18-23H2,1-4H3/t24-,25+,29-,30-,31+,32-,33-,34-,35+,36+,37+,38-,39-,40+,41-,42+/m1/s1. The van der Waals surface area contributed by atoms with E-state index in [1.165, 1.54) is 90.3 Å². The van der Waals surface area contributed by atoms with Gasteiger partial charge in [0.15, 0.2) is 0 Å². The summed E-state index contributed by atoms with van der Waals surface area (Å²) in [5.74, 6) is 6.50. The van der Waals surface area contributed by atoms with Gasteiger partial charge in [-0.25, -0.2) is 0 Å². The van der Waals surface area contributed by atoms with Gasteiger partial charge in [-0.1, -0.05) is 31.9 Å². The highest BCUT2D eigenvalue weighted by Gasteiger charge is 2.86. The Morgan fingerprint density at radius 3 is 2.71 bits per heavy atom. The number of hydrogen-bond acceptors (Lipinski definition) is 3. The summed E-state index contributed by atoms with van der Waals surface area (Å²) in [4.78, 5) is 5.64. The summed E-state index contributed by atoms with van der Waals surface area (Å²) in [7, 11) is 4.96. The third kappa shape index (κ3) is 2.47. The fraction of sp³-hybridized carbons (Fsp3) is 0.905. The number of likely N-dealkylation sites (tertiary alicyclic amines) is 2. The minimum atomic E-state index is 0.209. The van der Waals surface area contributed by atoms with Gasteiger partial charge in [0.05, 0.1) is 11.7 Å². The zero-order valence-electron chi connectivity index (χ0n) is 28.8. The molecule has 3 aliphatic heterocycles. The molecular formula is C42H58N2O. The zero-order valence-corrected chi connectivity index (χ0v) is 28.8. The lowest BCUT2D eigenvalue weighted by Gasteiger charge is -2.70. The summed E-state index contributed by atoms with van der Waals surface area (Å²) >= 11 is 0. The molecule has 3 nitrogen and oxygen atoms in total. The Hall–Kier alpha value is -0.640. The van der Waals surface area contributed by atoms with Crippen LogP contribution in [0.1, 0.15) is 110 Å². The number of nitrogens with zero attached hydrogens (tertiary/aromatic N) is 2. The second-order valence-electron chi connectivity index (χ2n) is 21.5. The van der Waals surface area contributed by atoms with Crippen molar-refractivity contribution in [2.45, 2.75) is 128 Å². The summed E-state index contributed by atoms with van der Waals surface area (Å²) in [6, 6.07) is 0.888. The Morgan fingerprint density at radius 2 is 1.80 bits per heavy atom. The molecule has 3 heteroatoms. The van der Waals surface area contributed by atoms with Crippen molar-refractivity contribution in [3.63, 3.8) is 0 Å². The van der Waals surface area contributed by atoms with Crippen LogP contribution in [0.15, 0.2) is 22.8 Å². The molecule has 0 aromatic carbocycles. The number of fused-ring (bicyclic) bond motifs is 3. The molecule has 12 aliphatic carbocycles. The lowest BCUT2D eigenvalue weighted by atomic mass is 9.38. The van der Waals surface area contributed by atoms with Crippen molar-refractivity contribution in [2.75, 3.05) is 33.7 Å². The van der Waals surface area contributed by atoms with E-state index in [1.807, 2.05) is 16.7 Å². The highest BCUT2D eigenvalue weighted by atomic mass is 16.5. The molecule has 16 atom stereocenters. The first-order valence-corrected chi connectivity index (χ1v) is 20.1. The van der Waals surface area contributed by atoms with Crippen LogP contribution in [0, 0.1) is 73.9 Å². The first-order valence-electron chi connectivity index (χ1n) is 20.1. The van der Waals surface area contributed by atoms with Crippen molar-refractivity contribution in [2.24, 2.45) is 73.9 Å². The number of ether oxygens (including phenoxy) is 1. The molecule has 242 valence electrons. The summed E-state index contributed by atoms with van der Waals surface area (Å²) in [5.41, 5.74) is 9.02. The quantitative estimate of drug-likeness (QED) is 0.279. The second kappa shape index (κ2) is 7.28. The molecular weight excluding hydrogens is 548 g/mol. The number of hydrogen-bond donors (Lipinski definition) is 0. The van der Waals surface area contributed by atoms with Crippen molar-refractivity contribution in [3.8, 4) is 0 Å². The Morgan fingerprint density at radius 1 is 0.889 bits per heavy atom. The summed E-state index contributed by atoms with van der Waals surface area (Å²) in [6.45, 7) is 9.35. The van der Waals surface area contributed by atoms with E-state index >= 15 is 0 Å². The van der Waals surface area contributed by atoms with Crippen LogP contribution >= 0.6 is 0 Å². The van der Waals surface area contributed by atoms with Crippen molar-refractivity contribution in [1.82, 2.24) is 9.80 Å². The molecule has 3 heterocycles. The summed E-state index contributed by atoms with van der Waals surface area (Å²) in [5, 5.41) is 0. The number of allylic oxidation sites excluding steroid dienone is 2. The minimum Gasteiger partial charge on any atom is -0.370 e. The van der Waals surface area contributed by atoms with Crippen molar-refractivity contribution < 1.29 is 4.74 Å². The highest BCUT2D eigenvalue weighted by Crippen LogP contribution is 2.88. The molecule has 0 unspecified atom stereocenters. The smallest absolute Gasteiger partial charge is 0.0744 e. The Balaban J connectivity index is 0.894. The third-order valence-electron chi connectivity index (χ3n) is 20.4. The van der Waals surface area contributed by atoms with E-state index in [4.69, 9.17) is 4.74 Å². The lowest BCUT2D eigenvalue weighted by Crippen LogP contribution is -2.67. The van der Waals surface area contributed by atoms with Crippen LogP contribution in [0.4, 0.5) is 0 Å². The molecule has 15 aliphatic rings. The van der Waals surface area contributed by atoms with Crippen molar-refractivity contribution >= 4 is 0 Å². The minimum absolute atomic E-state index is 0.209. The van der Waals surface area contributed by atoms with E-state index in [0.717, 1.165) is 47.5 Å². The third-order valence-corrected chi connectivity index (χ3v) is 20.4. The Labute approximate surface area is 272 Å². The van der Waals surface area contributed by atoms with Gasteiger partial charge >= 0.3 is 0 Å². The SMILES string of the molecule is CN1C[C@@H]2CC3=C(CC[C@@]45C[C@H]6[C@@H](C=C34)[C@]63CC[C@@]4(C[C@@]67CC[C@@H]8[C@@]9(C)CCC[C@@]8%10[C@@H]6C[C@@H]4C[C@@H]7[C@H]%10N(C)C9)O[C@@H]53)[C@@](C)(C2)C1. The van der Waals surface area contributed by atoms with Crippen molar-refractivity contribution in [1.29, 1.82) is 0 Å². The normalized spacial score (nSPS) is 67.0. The van der Waals surface area contributed by atoms with Crippen LogP contribution in [0.3, 0.4) is 0 Å². The molecule has 3 saturated heterocycles. The second-order valence-corrected chi connectivity index (χ2v) is 21.5. The lowest BCUT2D eigenvalue weighted by molar-refractivity contribution is -0.284. The maximum absolute atomic E-state index is 8.21. The van der Waals surface area contributed by atoms with Gasteiger partial charge in [0.1, 0.15) is 0 Å². The molecule has 5 spiro atoms. The van der Waals surface area contributed by atoms with Gasteiger partial charge in [-0.05, 0) is 173 Å². The van der Waals surface area contributed by atoms with Gasteiger partial charge in [0.25, 0.3) is 0 Å². The first kappa shape index (κ1) is 26.3. The molecule has 11 fully saturated rings. The van der Waals surface area contributed by atoms with Gasteiger partial charge in [0.2, 0.25) is 0 Å². The maximum Gasteiger partial charge on any atom is 0.0744 e. The molecule has 0 aromatic heterocycles. The van der Waals surface area contributed by atoms with E-state index < -0.39 is 0 Å². The maximum atomic E-state index is 8.21. The fourth-order valence-electron chi connectivity index (χ4n) is 20.0. The van der Waals surface area contributed by atoms with Crippen LogP contribution in [0.2, 0.25) is 0 Å². The summed E-state index contributed by atoms with van der Waals surface area (Å²) < 4.78 is 8.21. The average Bonchev–Trinajstić information content (AvgIpc) is 3.53. The van der Waals surface area contributed by atoms with Crippen LogP contribution in [-0.2, 0) is 4.74 Å². The van der Waals surface area contributed by atoms with Crippen LogP contribution in [0.5, 0.6) is 0 Å². The highest BCUT2D eigenvalue weighted by molar-refractivity contribution is 5.56. The van der Waals surface area contributed by atoms with Gasteiger partial charge in [-0.2, -0.15) is 0 Å². The van der Waals surface area contributed by atoms with Gasteiger partial charge in [0, 0.05) is 41.9 Å². The molecule has 12 bridgehead atoms. The van der Waals surface area contributed by atoms with E-state index in [2.05, 4.69) is 43.8 Å². The Kier molecular flexibility index (Phi) is 4.25. The molecule has 8 saturated carbocycles. The van der Waals surface area contributed by atoms with E-state index in [0.29, 0.717) is 38.6 Å². The molecule has 0 amide bonds. The van der Waals surface area contributed by atoms with Crippen LogP contribution in [-0.4, -0.2) is 61.3 Å². The molecule has 0 radical (unpaired) electrons. The van der Waals surface area contributed by atoms with E-state index in [1.54, 1.807) is 25.7 Å². The zero-order chi connectivity index (χ0) is 29.7. The van der Waals surface area contributed by atoms with Gasteiger partial charge in [-0.3, -0.25) is 0 Å². The number of rotatable bonds is 0. The predicted octanol–water partition coefficient (Wildman–Crippen LogP) is 7.87. The van der Waals surface area contributed by atoms with E-state index in [-0.39, 0.29) is 5.60 Å². The largest absolute Gasteiger partial charge is 0.370 e.